The fraction of sp³-hybridized carbons (Fsp3) is 0.812. The number of rotatable bonds is 7. The molecule has 2 rings (SSSR count). The Morgan fingerprint density at radius 2 is 2.15 bits per heavy atom. The highest BCUT2D eigenvalue weighted by Gasteiger charge is 2.23. The topological polar surface area (TPSA) is 50.1 Å². The summed E-state index contributed by atoms with van der Waals surface area (Å²) in [6, 6.07) is 2.63. The standard InChI is InChI=1S/C16H29N3O/c1-3-10-17-13-16(2,20)12-14-9-11-19(18-14)15-7-5-4-6-8-15/h9,11,15,17,20H,3-8,10,12-13H2,1-2H3. The molecule has 1 aromatic heterocycles. The van der Waals surface area contributed by atoms with Crippen LogP contribution in [-0.2, 0) is 6.42 Å². The van der Waals surface area contributed by atoms with Gasteiger partial charge in [0, 0.05) is 19.2 Å². The minimum absolute atomic E-state index is 0.570. The molecule has 0 aliphatic heterocycles. The predicted octanol–water partition coefficient (Wildman–Crippen LogP) is 2.68. The Morgan fingerprint density at radius 3 is 2.85 bits per heavy atom. The highest BCUT2D eigenvalue weighted by Crippen LogP contribution is 2.27. The van der Waals surface area contributed by atoms with E-state index in [-0.39, 0.29) is 0 Å². The third-order valence-electron chi connectivity index (χ3n) is 4.11. The molecule has 2 N–H and O–H groups in total. The minimum Gasteiger partial charge on any atom is -0.388 e. The van der Waals surface area contributed by atoms with Gasteiger partial charge in [0.25, 0.3) is 0 Å². The quantitative estimate of drug-likeness (QED) is 0.755. The van der Waals surface area contributed by atoms with Crippen LogP contribution < -0.4 is 5.32 Å². The Kier molecular flexibility index (Phi) is 5.61. The molecular formula is C16H29N3O. The summed E-state index contributed by atoms with van der Waals surface area (Å²) in [4.78, 5) is 0. The molecule has 1 aromatic rings. The Hall–Kier alpha value is -0.870. The first-order valence-corrected chi connectivity index (χ1v) is 8.08. The monoisotopic (exact) mass is 279 g/mol. The van der Waals surface area contributed by atoms with Crippen molar-refractivity contribution in [2.75, 3.05) is 13.1 Å². The van der Waals surface area contributed by atoms with Gasteiger partial charge in [0.2, 0.25) is 0 Å². The zero-order chi connectivity index (χ0) is 14.4. The average molecular weight is 279 g/mol. The zero-order valence-electron chi connectivity index (χ0n) is 12.9. The molecule has 0 saturated heterocycles. The van der Waals surface area contributed by atoms with Crippen LogP contribution in [0, 0.1) is 0 Å². The maximum Gasteiger partial charge on any atom is 0.0799 e. The van der Waals surface area contributed by atoms with Crippen LogP contribution in [0.2, 0.25) is 0 Å². The Balaban J connectivity index is 1.88. The van der Waals surface area contributed by atoms with Crippen molar-refractivity contribution >= 4 is 0 Å². The van der Waals surface area contributed by atoms with E-state index in [1.165, 1.54) is 32.1 Å². The summed E-state index contributed by atoms with van der Waals surface area (Å²) in [5.74, 6) is 0. The van der Waals surface area contributed by atoms with Gasteiger partial charge >= 0.3 is 0 Å². The molecule has 1 aliphatic carbocycles. The van der Waals surface area contributed by atoms with Gasteiger partial charge in [-0.1, -0.05) is 26.2 Å². The number of aliphatic hydroxyl groups is 1. The first-order chi connectivity index (χ1) is 9.61. The molecule has 1 heterocycles. The third kappa shape index (κ3) is 4.60. The second-order valence-electron chi connectivity index (χ2n) is 6.43. The van der Waals surface area contributed by atoms with Crippen molar-refractivity contribution in [3.8, 4) is 0 Å². The third-order valence-corrected chi connectivity index (χ3v) is 4.11. The molecule has 1 unspecified atom stereocenters. The van der Waals surface area contributed by atoms with Gasteiger partial charge in [-0.2, -0.15) is 5.10 Å². The van der Waals surface area contributed by atoms with Gasteiger partial charge in [-0.3, -0.25) is 4.68 Å². The summed E-state index contributed by atoms with van der Waals surface area (Å²) < 4.78 is 2.12. The summed E-state index contributed by atoms with van der Waals surface area (Å²) in [5.41, 5.74) is 0.278. The SMILES string of the molecule is CCCNCC(C)(O)Cc1ccn(C2CCCCC2)n1. The van der Waals surface area contributed by atoms with E-state index in [2.05, 4.69) is 34.3 Å². The van der Waals surface area contributed by atoms with Gasteiger partial charge in [0.05, 0.1) is 17.3 Å². The normalized spacial score (nSPS) is 19.9. The van der Waals surface area contributed by atoms with Crippen LogP contribution in [-0.4, -0.2) is 33.6 Å². The summed E-state index contributed by atoms with van der Waals surface area (Å²) in [6.07, 6.45) is 10.3. The van der Waals surface area contributed by atoms with Crippen LogP contribution in [0.1, 0.15) is 64.1 Å². The van der Waals surface area contributed by atoms with Gasteiger partial charge in [-0.25, -0.2) is 0 Å². The van der Waals surface area contributed by atoms with Gasteiger partial charge in [-0.15, -0.1) is 0 Å². The minimum atomic E-state index is -0.721. The predicted molar refractivity (Wildman–Crippen MR) is 81.8 cm³/mol. The van der Waals surface area contributed by atoms with E-state index in [1.54, 1.807) is 0 Å². The van der Waals surface area contributed by atoms with E-state index >= 15 is 0 Å². The molecule has 0 radical (unpaired) electrons. The molecule has 114 valence electrons. The van der Waals surface area contributed by atoms with Crippen molar-refractivity contribution in [2.45, 2.75) is 70.4 Å². The lowest BCUT2D eigenvalue weighted by Gasteiger charge is -2.23. The molecule has 4 nitrogen and oxygen atoms in total. The lowest BCUT2D eigenvalue weighted by atomic mass is 9.96. The van der Waals surface area contributed by atoms with Gasteiger partial charge < -0.3 is 10.4 Å². The Morgan fingerprint density at radius 1 is 1.40 bits per heavy atom. The van der Waals surface area contributed by atoms with Crippen LogP contribution in [0.15, 0.2) is 12.3 Å². The van der Waals surface area contributed by atoms with E-state index in [1.807, 2.05) is 6.92 Å². The van der Waals surface area contributed by atoms with E-state index < -0.39 is 5.60 Å². The molecule has 1 aliphatic rings. The second-order valence-corrected chi connectivity index (χ2v) is 6.43. The molecule has 1 fully saturated rings. The summed E-state index contributed by atoms with van der Waals surface area (Å²) in [6.45, 7) is 5.59. The van der Waals surface area contributed by atoms with E-state index in [4.69, 9.17) is 0 Å². The van der Waals surface area contributed by atoms with E-state index in [0.717, 1.165) is 18.7 Å². The lowest BCUT2D eigenvalue weighted by Crippen LogP contribution is -2.40. The summed E-state index contributed by atoms with van der Waals surface area (Å²) in [7, 11) is 0. The van der Waals surface area contributed by atoms with Crippen LogP contribution in [0.5, 0.6) is 0 Å². The number of nitrogens with one attached hydrogen (secondary N) is 1. The molecule has 1 atom stereocenters. The van der Waals surface area contributed by atoms with Crippen molar-refractivity contribution in [1.29, 1.82) is 0 Å². The van der Waals surface area contributed by atoms with E-state index in [9.17, 15) is 5.11 Å². The van der Waals surface area contributed by atoms with Crippen molar-refractivity contribution < 1.29 is 5.11 Å². The zero-order valence-corrected chi connectivity index (χ0v) is 12.9. The molecule has 0 bridgehead atoms. The summed E-state index contributed by atoms with van der Waals surface area (Å²) in [5, 5.41) is 18.4. The van der Waals surface area contributed by atoms with Gasteiger partial charge in [-0.05, 0) is 38.8 Å². The Bertz CT molecular complexity index is 394. The van der Waals surface area contributed by atoms with Crippen LogP contribution in [0.4, 0.5) is 0 Å². The highest BCUT2D eigenvalue weighted by molar-refractivity contribution is 5.04. The molecule has 0 amide bonds. The Labute approximate surface area is 122 Å². The van der Waals surface area contributed by atoms with Crippen LogP contribution in [0.3, 0.4) is 0 Å². The molecule has 20 heavy (non-hydrogen) atoms. The molecule has 4 heteroatoms. The van der Waals surface area contributed by atoms with Crippen molar-refractivity contribution in [3.63, 3.8) is 0 Å². The van der Waals surface area contributed by atoms with Crippen molar-refractivity contribution in [1.82, 2.24) is 15.1 Å². The van der Waals surface area contributed by atoms with Gasteiger partial charge in [0.15, 0.2) is 0 Å². The average Bonchev–Trinajstić information content (AvgIpc) is 2.87. The van der Waals surface area contributed by atoms with E-state index in [0.29, 0.717) is 19.0 Å². The fourth-order valence-corrected chi connectivity index (χ4v) is 3.01. The fourth-order valence-electron chi connectivity index (χ4n) is 3.01. The largest absolute Gasteiger partial charge is 0.388 e. The molecule has 0 spiro atoms. The number of hydrogen-bond donors (Lipinski definition) is 2. The number of nitrogens with zero attached hydrogens (tertiary/aromatic N) is 2. The molecule has 1 saturated carbocycles. The highest BCUT2D eigenvalue weighted by atomic mass is 16.3. The maximum atomic E-state index is 10.4. The van der Waals surface area contributed by atoms with Crippen molar-refractivity contribution in [3.05, 3.63) is 18.0 Å². The second kappa shape index (κ2) is 7.23. The molecule has 0 aromatic carbocycles. The summed E-state index contributed by atoms with van der Waals surface area (Å²) >= 11 is 0. The molecular weight excluding hydrogens is 250 g/mol. The first-order valence-electron chi connectivity index (χ1n) is 8.08. The smallest absolute Gasteiger partial charge is 0.0799 e. The lowest BCUT2D eigenvalue weighted by molar-refractivity contribution is 0.0591. The number of aromatic nitrogens is 2. The maximum absolute atomic E-state index is 10.4. The van der Waals surface area contributed by atoms with Crippen LogP contribution in [0.25, 0.3) is 0 Å². The van der Waals surface area contributed by atoms with Crippen LogP contribution >= 0.6 is 0 Å². The van der Waals surface area contributed by atoms with Gasteiger partial charge in [0.1, 0.15) is 0 Å². The number of hydrogen-bond acceptors (Lipinski definition) is 3. The van der Waals surface area contributed by atoms with Crippen molar-refractivity contribution in [2.24, 2.45) is 0 Å². The first kappa shape index (κ1) is 15.5.